The second-order valence-corrected chi connectivity index (χ2v) is 5.24. The number of pyridine rings is 1. The van der Waals surface area contributed by atoms with Crippen LogP contribution in [0, 0.1) is 6.92 Å². The van der Waals surface area contributed by atoms with Gasteiger partial charge in [0.15, 0.2) is 11.5 Å². The van der Waals surface area contributed by atoms with Gasteiger partial charge in [0.25, 0.3) is 5.91 Å². The Labute approximate surface area is 139 Å². The summed E-state index contributed by atoms with van der Waals surface area (Å²) in [6.45, 7) is 1.67. The number of ether oxygens (including phenoxy) is 1. The molecule has 0 unspecified atom stereocenters. The molecule has 0 atom stereocenters. The van der Waals surface area contributed by atoms with Crippen LogP contribution < -0.4 is 10.1 Å². The van der Waals surface area contributed by atoms with E-state index in [2.05, 4.69) is 10.3 Å². The van der Waals surface area contributed by atoms with Crippen molar-refractivity contribution < 1.29 is 24.9 Å². The Morgan fingerprint density at radius 2 is 2.08 bits per heavy atom. The predicted octanol–water partition coefficient (Wildman–Crippen LogP) is 1.27. The van der Waals surface area contributed by atoms with Gasteiger partial charge in [-0.05, 0) is 37.1 Å². The second kappa shape index (κ2) is 7.65. The van der Waals surface area contributed by atoms with E-state index in [0.717, 1.165) is 0 Å². The molecule has 1 heterocycles. The quantitative estimate of drug-likeness (QED) is 0.634. The number of benzene rings is 1. The van der Waals surface area contributed by atoms with Crippen LogP contribution in [0.1, 0.15) is 27.2 Å². The molecule has 1 aromatic heterocycles. The summed E-state index contributed by atoms with van der Waals surface area (Å²) in [5.74, 6) is -0.227. The molecule has 0 aliphatic rings. The summed E-state index contributed by atoms with van der Waals surface area (Å²) in [6.07, 6.45) is 1.91. The van der Waals surface area contributed by atoms with Crippen molar-refractivity contribution in [2.24, 2.45) is 0 Å². The third-order valence-corrected chi connectivity index (χ3v) is 3.68. The Kier molecular flexibility index (Phi) is 5.59. The number of hydrogen-bond acceptors (Lipinski definition) is 6. The van der Waals surface area contributed by atoms with Crippen LogP contribution in [0.25, 0.3) is 0 Å². The number of rotatable bonds is 6. The van der Waals surface area contributed by atoms with Crippen LogP contribution in [0.3, 0.4) is 0 Å². The molecule has 4 N–H and O–H groups in total. The van der Waals surface area contributed by atoms with E-state index in [1.807, 2.05) is 0 Å². The van der Waals surface area contributed by atoms with Crippen molar-refractivity contribution in [3.63, 3.8) is 0 Å². The van der Waals surface area contributed by atoms with Crippen molar-refractivity contribution in [2.75, 3.05) is 13.7 Å². The highest BCUT2D eigenvalue weighted by molar-refractivity contribution is 5.94. The Balaban J connectivity index is 2.18. The lowest BCUT2D eigenvalue weighted by atomic mass is 10.0. The molecule has 0 fully saturated rings. The number of aryl methyl sites for hydroxylation is 1. The molecule has 1 amide bonds. The fraction of sp³-hybridized carbons (Fsp3) is 0.294. The number of nitrogens with zero attached hydrogens (tertiary/aromatic N) is 1. The van der Waals surface area contributed by atoms with Crippen molar-refractivity contribution in [2.45, 2.75) is 19.9 Å². The molecule has 1 aromatic carbocycles. The van der Waals surface area contributed by atoms with E-state index in [0.29, 0.717) is 28.8 Å². The molecular weight excluding hydrogens is 312 g/mol. The lowest BCUT2D eigenvalue weighted by Crippen LogP contribution is -2.24. The number of aliphatic hydroxyl groups is 1. The summed E-state index contributed by atoms with van der Waals surface area (Å²) >= 11 is 0. The first-order chi connectivity index (χ1) is 11.5. The smallest absolute Gasteiger partial charge is 0.251 e. The molecule has 7 nitrogen and oxygen atoms in total. The second-order valence-electron chi connectivity index (χ2n) is 5.24. The van der Waals surface area contributed by atoms with Gasteiger partial charge in [0.2, 0.25) is 0 Å². The minimum Gasteiger partial charge on any atom is -0.506 e. The third kappa shape index (κ3) is 3.75. The number of carbonyl (C=O) groups excluding carboxylic acids is 1. The van der Waals surface area contributed by atoms with Gasteiger partial charge < -0.3 is 25.4 Å². The number of aromatic nitrogens is 1. The summed E-state index contributed by atoms with van der Waals surface area (Å²) in [4.78, 5) is 16.3. The third-order valence-electron chi connectivity index (χ3n) is 3.68. The molecule has 0 aliphatic carbocycles. The monoisotopic (exact) mass is 332 g/mol. The van der Waals surface area contributed by atoms with Crippen molar-refractivity contribution in [3.05, 3.63) is 46.8 Å². The van der Waals surface area contributed by atoms with Crippen LogP contribution in [0.15, 0.2) is 24.4 Å². The normalized spacial score (nSPS) is 10.5. The van der Waals surface area contributed by atoms with Crippen LogP contribution in [-0.2, 0) is 13.0 Å². The van der Waals surface area contributed by atoms with Gasteiger partial charge in [0.1, 0.15) is 5.75 Å². The Morgan fingerprint density at radius 3 is 2.75 bits per heavy atom. The molecule has 0 radical (unpaired) electrons. The minimum absolute atomic E-state index is 0.00420. The molecule has 0 spiro atoms. The first-order valence-electron chi connectivity index (χ1n) is 7.40. The number of phenols is 1. The number of aromatic hydroxyl groups is 2. The summed E-state index contributed by atoms with van der Waals surface area (Å²) < 4.78 is 4.98. The molecule has 128 valence electrons. The fourth-order valence-electron chi connectivity index (χ4n) is 2.31. The van der Waals surface area contributed by atoms with Gasteiger partial charge in [0.05, 0.1) is 12.8 Å². The highest BCUT2D eigenvalue weighted by Gasteiger charge is 2.14. The zero-order valence-corrected chi connectivity index (χ0v) is 13.5. The summed E-state index contributed by atoms with van der Waals surface area (Å²) in [5.41, 5.74) is 1.96. The van der Waals surface area contributed by atoms with Gasteiger partial charge in [-0.1, -0.05) is 0 Å². The SMILES string of the molecule is COc1cc(C(=O)NCc2c(CCO)cnc(C)c2O)ccc1O. The van der Waals surface area contributed by atoms with Crippen LogP contribution >= 0.6 is 0 Å². The molecule has 0 bridgehead atoms. The molecule has 7 heteroatoms. The average Bonchev–Trinajstić information content (AvgIpc) is 2.58. The van der Waals surface area contributed by atoms with Gasteiger partial charge in [-0.2, -0.15) is 0 Å². The molecule has 24 heavy (non-hydrogen) atoms. The zero-order chi connectivity index (χ0) is 17.7. The largest absolute Gasteiger partial charge is 0.506 e. The lowest BCUT2D eigenvalue weighted by Gasteiger charge is -2.13. The number of nitrogens with one attached hydrogen (secondary N) is 1. The maximum atomic E-state index is 12.3. The zero-order valence-electron chi connectivity index (χ0n) is 13.5. The molecule has 2 aromatic rings. The van der Waals surface area contributed by atoms with Gasteiger partial charge in [0, 0.05) is 30.5 Å². The number of carbonyl (C=O) groups is 1. The Morgan fingerprint density at radius 1 is 1.33 bits per heavy atom. The Hall–Kier alpha value is -2.80. The van der Waals surface area contributed by atoms with Crippen molar-refractivity contribution in [3.8, 4) is 17.2 Å². The first-order valence-corrected chi connectivity index (χ1v) is 7.40. The van der Waals surface area contributed by atoms with Crippen molar-refractivity contribution in [1.29, 1.82) is 0 Å². The fourth-order valence-corrected chi connectivity index (χ4v) is 2.31. The summed E-state index contributed by atoms with van der Waals surface area (Å²) in [7, 11) is 1.40. The van der Waals surface area contributed by atoms with E-state index in [-0.39, 0.29) is 36.3 Å². The van der Waals surface area contributed by atoms with Crippen LogP contribution in [-0.4, -0.2) is 39.9 Å². The van der Waals surface area contributed by atoms with E-state index in [9.17, 15) is 15.0 Å². The van der Waals surface area contributed by atoms with Crippen LogP contribution in [0.2, 0.25) is 0 Å². The molecular formula is C17H20N2O5. The molecule has 0 saturated heterocycles. The van der Waals surface area contributed by atoms with Crippen molar-refractivity contribution >= 4 is 5.91 Å². The lowest BCUT2D eigenvalue weighted by molar-refractivity contribution is 0.0950. The number of methoxy groups -OCH3 is 1. The van der Waals surface area contributed by atoms with Gasteiger partial charge in [-0.15, -0.1) is 0 Å². The molecule has 0 saturated carbocycles. The first kappa shape index (κ1) is 17.6. The number of aliphatic hydroxyl groups excluding tert-OH is 1. The number of amides is 1. The maximum Gasteiger partial charge on any atom is 0.251 e. The maximum absolute atomic E-state index is 12.3. The van der Waals surface area contributed by atoms with E-state index < -0.39 is 0 Å². The standard InChI is InChI=1S/C17H20N2O5/c1-10-16(22)13(12(5-6-20)8-18-10)9-19-17(23)11-3-4-14(21)15(7-11)24-2/h3-4,7-8,20-22H,5-6,9H2,1-2H3,(H,19,23). The molecule has 0 aliphatic heterocycles. The highest BCUT2D eigenvalue weighted by Crippen LogP contribution is 2.27. The Bertz CT molecular complexity index is 746. The topological polar surface area (TPSA) is 112 Å². The van der Waals surface area contributed by atoms with Crippen LogP contribution in [0.5, 0.6) is 17.2 Å². The predicted molar refractivity (Wildman–Crippen MR) is 87.3 cm³/mol. The van der Waals surface area contributed by atoms with Crippen molar-refractivity contribution in [1.82, 2.24) is 10.3 Å². The van der Waals surface area contributed by atoms with Gasteiger partial charge >= 0.3 is 0 Å². The average molecular weight is 332 g/mol. The minimum atomic E-state index is -0.378. The van der Waals surface area contributed by atoms with E-state index in [1.54, 1.807) is 13.1 Å². The summed E-state index contributed by atoms with van der Waals surface area (Å²) in [6, 6.07) is 4.27. The summed E-state index contributed by atoms with van der Waals surface area (Å²) in [5, 5.41) is 31.5. The molecule has 2 rings (SSSR count). The van der Waals surface area contributed by atoms with Gasteiger partial charge in [-0.3, -0.25) is 9.78 Å². The number of hydrogen-bond donors (Lipinski definition) is 4. The van der Waals surface area contributed by atoms with E-state index >= 15 is 0 Å². The van der Waals surface area contributed by atoms with E-state index in [1.165, 1.54) is 25.3 Å². The van der Waals surface area contributed by atoms with Gasteiger partial charge in [-0.25, -0.2) is 0 Å². The van der Waals surface area contributed by atoms with E-state index in [4.69, 9.17) is 9.84 Å². The highest BCUT2D eigenvalue weighted by atomic mass is 16.5. The number of phenolic OH excluding ortho intramolecular Hbond substituents is 1. The van der Waals surface area contributed by atoms with Crippen LogP contribution in [0.4, 0.5) is 0 Å².